The molecule has 3 saturated carbocycles. The third kappa shape index (κ3) is 0.756. The van der Waals surface area contributed by atoms with E-state index in [0.717, 1.165) is 0 Å². The van der Waals surface area contributed by atoms with Crippen LogP contribution in [0.1, 0.15) is 19.3 Å². The first-order valence-corrected chi connectivity index (χ1v) is 4.89. The smallest absolute Gasteiger partial charge is 0.309 e. The first kappa shape index (κ1) is 8.29. The molecule has 3 aliphatic carbocycles. The molecular weight excluding hydrogens is 204 g/mol. The summed E-state index contributed by atoms with van der Waals surface area (Å²) in [6.45, 7) is 0. The van der Waals surface area contributed by atoms with E-state index < -0.39 is 11.4 Å². The zero-order chi connectivity index (χ0) is 9.97. The minimum absolute atomic E-state index is 0.0362. The largest absolute Gasteiger partial charge is 0.481 e. The maximum atomic E-state index is 10.9. The second kappa shape index (κ2) is 2.14. The van der Waals surface area contributed by atoms with E-state index >= 15 is 0 Å². The molecule has 0 aliphatic heterocycles. The van der Waals surface area contributed by atoms with Gasteiger partial charge >= 0.3 is 5.97 Å². The highest BCUT2D eigenvalue weighted by atomic mass is 35.5. The van der Waals surface area contributed by atoms with Gasteiger partial charge in [0.25, 0.3) is 0 Å². The van der Waals surface area contributed by atoms with Crippen LogP contribution in [0.15, 0.2) is 12.3 Å². The van der Waals surface area contributed by atoms with E-state index in [9.17, 15) is 4.79 Å². The fourth-order valence-corrected chi connectivity index (χ4v) is 2.91. The summed E-state index contributed by atoms with van der Waals surface area (Å²) in [5.41, 5.74) is -0.482. The first-order chi connectivity index (χ1) is 6.56. The number of hydrogen-bond donors (Lipinski definition) is 1. The lowest BCUT2D eigenvalue weighted by atomic mass is 9.39. The Balaban J connectivity index is 1.84. The Hall–Kier alpha value is -1.03. The Morgan fingerprint density at radius 2 is 2.21 bits per heavy atom. The van der Waals surface area contributed by atoms with Crippen LogP contribution in [0, 0.1) is 5.41 Å². The summed E-state index contributed by atoms with van der Waals surface area (Å²) in [6, 6.07) is 1.73. The van der Waals surface area contributed by atoms with Crippen LogP contribution < -0.4 is 0 Å². The zero-order valence-corrected chi connectivity index (χ0v) is 8.16. The summed E-state index contributed by atoms with van der Waals surface area (Å²) in [7, 11) is 0. The lowest BCUT2D eigenvalue weighted by Crippen LogP contribution is -2.70. The van der Waals surface area contributed by atoms with Gasteiger partial charge in [0.15, 0.2) is 5.15 Å². The summed E-state index contributed by atoms with van der Waals surface area (Å²) in [5.74, 6) is -0.669. The Morgan fingerprint density at radius 3 is 2.64 bits per heavy atom. The minimum Gasteiger partial charge on any atom is -0.481 e. The van der Waals surface area contributed by atoms with Gasteiger partial charge in [0, 0.05) is 6.20 Å². The number of rotatable bonds is 2. The average molecular weight is 213 g/mol. The van der Waals surface area contributed by atoms with E-state index in [1.165, 1.54) is 0 Å². The van der Waals surface area contributed by atoms with Gasteiger partial charge in [-0.25, -0.2) is 0 Å². The summed E-state index contributed by atoms with van der Waals surface area (Å²) in [4.78, 5) is 10.9. The molecule has 3 fully saturated rings. The van der Waals surface area contributed by atoms with Gasteiger partial charge in [0.2, 0.25) is 0 Å². The SMILES string of the molecule is O=C(O)C12CC(n3ccc(Cl)n3)(C1)C2. The van der Waals surface area contributed by atoms with Crippen molar-refractivity contribution in [1.82, 2.24) is 9.78 Å². The second-order valence-electron chi connectivity index (χ2n) is 4.42. The fraction of sp³-hybridized carbons (Fsp3) is 0.556. The molecule has 1 N–H and O–H groups in total. The van der Waals surface area contributed by atoms with Gasteiger partial charge in [-0.1, -0.05) is 11.6 Å². The number of aromatic nitrogens is 2. The molecule has 0 unspecified atom stereocenters. The third-order valence-corrected chi connectivity index (χ3v) is 3.70. The van der Waals surface area contributed by atoms with Crippen molar-refractivity contribution in [2.24, 2.45) is 5.41 Å². The number of halogens is 1. The molecule has 0 aromatic carbocycles. The van der Waals surface area contributed by atoms with Crippen LogP contribution in [0.3, 0.4) is 0 Å². The van der Waals surface area contributed by atoms with Gasteiger partial charge in [-0.3, -0.25) is 9.48 Å². The van der Waals surface area contributed by atoms with Crippen molar-refractivity contribution in [1.29, 1.82) is 0 Å². The topological polar surface area (TPSA) is 55.1 Å². The quantitative estimate of drug-likeness (QED) is 0.808. The van der Waals surface area contributed by atoms with Crippen LogP contribution in [0.25, 0.3) is 0 Å². The molecule has 0 atom stereocenters. The van der Waals surface area contributed by atoms with E-state index in [1.807, 2.05) is 10.9 Å². The van der Waals surface area contributed by atoms with Gasteiger partial charge < -0.3 is 5.11 Å². The van der Waals surface area contributed by atoms with Gasteiger partial charge in [0.05, 0.1) is 11.0 Å². The number of hydrogen-bond acceptors (Lipinski definition) is 2. The number of carbonyl (C=O) groups is 1. The molecule has 0 amide bonds. The third-order valence-electron chi connectivity index (χ3n) is 3.50. The normalized spacial score (nSPS) is 38.6. The molecule has 3 aliphatic rings. The van der Waals surface area contributed by atoms with Crippen LogP contribution in [-0.2, 0) is 10.3 Å². The number of carboxylic acids is 1. The molecule has 14 heavy (non-hydrogen) atoms. The monoisotopic (exact) mass is 212 g/mol. The molecule has 1 aromatic rings. The minimum atomic E-state index is -0.669. The lowest BCUT2D eigenvalue weighted by molar-refractivity contribution is -0.216. The van der Waals surface area contributed by atoms with Crippen molar-refractivity contribution in [2.45, 2.75) is 24.8 Å². The van der Waals surface area contributed by atoms with Gasteiger partial charge in [-0.05, 0) is 25.3 Å². The highest BCUT2D eigenvalue weighted by molar-refractivity contribution is 6.29. The maximum Gasteiger partial charge on any atom is 0.309 e. The van der Waals surface area contributed by atoms with E-state index in [4.69, 9.17) is 16.7 Å². The van der Waals surface area contributed by atoms with Gasteiger partial charge in [-0.2, -0.15) is 5.10 Å². The van der Waals surface area contributed by atoms with Crippen molar-refractivity contribution in [2.75, 3.05) is 0 Å². The second-order valence-corrected chi connectivity index (χ2v) is 4.81. The maximum absolute atomic E-state index is 10.9. The van der Waals surface area contributed by atoms with Crippen LogP contribution in [0.4, 0.5) is 0 Å². The predicted molar refractivity (Wildman–Crippen MR) is 49.1 cm³/mol. The van der Waals surface area contributed by atoms with Crippen LogP contribution in [-0.4, -0.2) is 20.9 Å². The van der Waals surface area contributed by atoms with E-state index in [0.29, 0.717) is 24.4 Å². The zero-order valence-electron chi connectivity index (χ0n) is 7.40. The molecule has 0 radical (unpaired) electrons. The van der Waals surface area contributed by atoms with E-state index in [-0.39, 0.29) is 5.54 Å². The molecule has 74 valence electrons. The average Bonchev–Trinajstić information content (AvgIpc) is 2.28. The molecule has 1 aromatic heterocycles. The summed E-state index contributed by atoms with van der Waals surface area (Å²) >= 11 is 5.71. The Morgan fingerprint density at radius 1 is 1.57 bits per heavy atom. The van der Waals surface area contributed by atoms with Gasteiger partial charge in [-0.15, -0.1) is 0 Å². The molecular formula is C9H9ClN2O2. The van der Waals surface area contributed by atoms with Crippen molar-refractivity contribution in [3.05, 3.63) is 17.4 Å². The molecule has 4 nitrogen and oxygen atoms in total. The molecule has 2 bridgehead atoms. The lowest BCUT2D eigenvalue weighted by Gasteiger charge is -2.67. The molecule has 5 heteroatoms. The number of carboxylic acid groups (broad SMARTS) is 1. The summed E-state index contributed by atoms with van der Waals surface area (Å²) in [6.07, 6.45) is 3.93. The Kier molecular flexibility index (Phi) is 1.27. The van der Waals surface area contributed by atoms with E-state index in [2.05, 4.69) is 5.10 Å². The van der Waals surface area contributed by atoms with Crippen molar-refractivity contribution in [3.8, 4) is 0 Å². The summed E-state index contributed by atoms with van der Waals surface area (Å²) < 4.78 is 1.82. The molecule has 4 rings (SSSR count). The van der Waals surface area contributed by atoms with Crippen LogP contribution >= 0.6 is 11.6 Å². The van der Waals surface area contributed by atoms with Crippen molar-refractivity contribution in [3.63, 3.8) is 0 Å². The Bertz CT molecular complexity index is 406. The first-order valence-electron chi connectivity index (χ1n) is 4.52. The fourth-order valence-electron chi connectivity index (χ4n) is 2.77. The predicted octanol–water partition coefficient (Wildman–Crippen LogP) is 1.50. The van der Waals surface area contributed by atoms with E-state index in [1.54, 1.807) is 6.07 Å². The van der Waals surface area contributed by atoms with Crippen LogP contribution in [0.5, 0.6) is 0 Å². The summed E-state index contributed by atoms with van der Waals surface area (Å²) in [5, 5.41) is 13.5. The highest BCUT2D eigenvalue weighted by Crippen LogP contribution is 2.71. The highest BCUT2D eigenvalue weighted by Gasteiger charge is 2.73. The molecule has 0 spiro atoms. The number of aliphatic carboxylic acids is 1. The standard InChI is InChI=1S/C9H9ClN2O2/c10-6-1-2-12(11-6)9-3-8(4-9,5-9)7(13)14/h1-2H,3-5H2,(H,13,14). The molecule has 0 saturated heterocycles. The van der Waals surface area contributed by atoms with Crippen LogP contribution in [0.2, 0.25) is 5.15 Å². The van der Waals surface area contributed by atoms with Crippen molar-refractivity contribution < 1.29 is 9.90 Å². The Labute approximate surface area is 85.5 Å². The van der Waals surface area contributed by atoms with Gasteiger partial charge in [0.1, 0.15) is 0 Å². The molecule has 1 heterocycles. The number of nitrogens with zero attached hydrogens (tertiary/aromatic N) is 2. The van der Waals surface area contributed by atoms with Crippen molar-refractivity contribution >= 4 is 17.6 Å².